The van der Waals surface area contributed by atoms with Crippen molar-refractivity contribution in [2.24, 2.45) is 0 Å². The van der Waals surface area contributed by atoms with E-state index in [1.807, 2.05) is 24.3 Å². The summed E-state index contributed by atoms with van der Waals surface area (Å²) in [5.41, 5.74) is 5.22. The molecule has 5 heteroatoms. The minimum absolute atomic E-state index is 0.471. The lowest BCUT2D eigenvalue weighted by Crippen LogP contribution is -2.02. The van der Waals surface area contributed by atoms with Crippen molar-refractivity contribution in [2.75, 3.05) is 0 Å². The highest BCUT2D eigenvalue weighted by molar-refractivity contribution is 5.91. The molecule has 0 spiro atoms. The summed E-state index contributed by atoms with van der Waals surface area (Å²) in [5.74, 6) is 1.23. The van der Waals surface area contributed by atoms with E-state index < -0.39 is 0 Å². The molecule has 2 aromatic carbocycles. The van der Waals surface area contributed by atoms with Crippen molar-refractivity contribution in [2.45, 2.75) is 6.54 Å². The third kappa shape index (κ3) is 3.07. The van der Waals surface area contributed by atoms with E-state index >= 15 is 0 Å². The van der Waals surface area contributed by atoms with Crippen molar-refractivity contribution in [3.8, 4) is 17.2 Å². The molecule has 2 heterocycles. The van der Waals surface area contributed by atoms with E-state index in [1.54, 1.807) is 24.3 Å². The monoisotopic (exact) mass is 378 g/mol. The third-order valence-corrected chi connectivity index (χ3v) is 4.78. The predicted molar refractivity (Wildman–Crippen MR) is 116 cm³/mol. The fourth-order valence-electron chi connectivity index (χ4n) is 3.44. The molecule has 0 fully saturated rings. The SMILES string of the molecule is C=Cc1noc(C=C)c1-c1cc(C#N)c2nc(C=C)n(Cc3ccccc3)c2c1. The Bertz CT molecular complexity index is 1260. The summed E-state index contributed by atoms with van der Waals surface area (Å²) in [4.78, 5) is 4.65. The first-order valence-electron chi connectivity index (χ1n) is 9.05. The number of aromatic nitrogens is 3. The highest BCUT2D eigenvalue weighted by atomic mass is 16.5. The zero-order valence-electron chi connectivity index (χ0n) is 15.8. The first-order valence-corrected chi connectivity index (χ1v) is 9.05. The summed E-state index contributed by atoms with van der Waals surface area (Å²) in [6.07, 6.45) is 4.92. The Balaban J connectivity index is 2.01. The van der Waals surface area contributed by atoms with Gasteiger partial charge in [-0.3, -0.25) is 0 Å². The fourth-order valence-corrected chi connectivity index (χ4v) is 3.44. The maximum atomic E-state index is 9.77. The van der Waals surface area contributed by atoms with Gasteiger partial charge in [-0.25, -0.2) is 4.98 Å². The first kappa shape index (κ1) is 18.2. The van der Waals surface area contributed by atoms with E-state index in [-0.39, 0.29) is 0 Å². The second-order valence-corrected chi connectivity index (χ2v) is 6.46. The van der Waals surface area contributed by atoms with Crippen LogP contribution in [0.3, 0.4) is 0 Å². The molecule has 0 atom stereocenters. The quantitative estimate of drug-likeness (QED) is 0.442. The molecule has 0 saturated carbocycles. The summed E-state index contributed by atoms with van der Waals surface area (Å²) >= 11 is 0. The van der Waals surface area contributed by atoms with Crippen LogP contribution in [0.25, 0.3) is 40.4 Å². The summed E-state index contributed by atoms with van der Waals surface area (Å²) < 4.78 is 7.42. The number of nitriles is 1. The fraction of sp³-hybridized carbons (Fsp3) is 0.0417. The van der Waals surface area contributed by atoms with Gasteiger partial charge in [0.05, 0.1) is 16.6 Å². The zero-order chi connectivity index (χ0) is 20.4. The molecule has 0 saturated heterocycles. The molecule has 5 nitrogen and oxygen atoms in total. The molecule has 4 rings (SSSR count). The van der Waals surface area contributed by atoms with Crippen molar-refractivity contribution >= 4 is 29.3 Å². The molecule has 140 valence electrons. The zero-order valence-corrected chi connectivity index (χ0v) is 15.8. The van der Waals surface area contributed by atoms with Crippen LogP contribution in [0.15, 0.2) is 66.7 Å². The van der Waals surface area contributed by atoms with Crippen LogP contribution < -0.4 is 0 Å². The Labute approximate surface area is 168 Å². The second kappa shape index (κ2) is 7.45. The molecule has 0 aliphatic rings. The molecule has 0 bridgehead atoms. The number of benzene rings is 2. The molecule has 4 aromatic rings. The standard InChI is InChI=1S/C24H18N4O/c1-4-19-23(21(5-2)29-27-19)17-12-18(14-25)24-20(13-17)28(22(6-3)26-24)15-16-10-8-7-9-11-16/h4-13H,1-3,15H2. The summed E-state index contributed by atoms with van der Waals surface area (Å²) in [6, 6.07) is 16.1. The number of nitrogens with zero attached hydrogens (tertiary/aromatic N) is 4. The highest BCUT2D eigenvalue weighted by Crippen LogP contribution is 2.34. The Morgan fingerprint density at radius 2 is 1.86 bits per heavy atom. The summed E-state index contributed by atoms with van der Waals surface area (Å²) in [6.45, 7) is 12.1. The van der Waals surface area contributed by atoms with Gasteiger partial charge in [-0.15, -0.1) is 0 Å². The Kier molecular flexibility index (Phi) is 4.68. The van der Waals surface area contributed by atoms with E-state index in [9.17, 15) is 5.26 Å². The number of imidazole rings is 1. The van der Waals surface area contributed by atoms with Crippen LogP contribution in [0, 0.1) is 11.3 Å². The van der Waals surface area contributed by atoms with E-state index in [4.69, 9.17) is 4.52 Å². The van der Waals surface area contributed by atoms with Gasteiger partial charge in [0.15, 0.2) is 5.76 Å². The average molecular weight is 378 g/mol. The van der Waals surface area contributed by atoms with Gasteiger partial charge in [0, 0.05) is 6.54 Å². The molecule has 2 aromatic heterocycles. The summed E-state index contributed by atoms with van der Waals surface area (Å²) in [5, 5.41) is 13.8. The van der Waals surface area contributed by atoms with Gasteiger partial charge in [-0.2, -0.15) is 5.26 Å². The minimum Gasteiger partial charge on any atom is -0.356 e. The number of hydrogen-bond acceptors (Lipinski definition) is 4. The van der Waals surface area contributed by atoms with Gasteiger partial charge in [0.2, 0.25) is 0 Å². The molecule has 0 N–H and O–H groups in total. The molecule has 0 radical (unpaired) electrons. The summed E-state index contributed by atoms with van der Waals surface area (Å²) in [7, 11) is 0. The smallest absolute Gasteiger partial charge is 0.167 e. The largest absolute Gasteiger partial charge is 0.356 e. The average Bonchev–Trinajstić information content (AvgIpc) is 3.34. The Morgan fingerprint density at radius 1 is 1.07 bits per heavy atom. The second-order valence-electron chi connectivity index (χ2n) is 6.46. The molecule has 0 aliphatic heterocycles. The van der Waals surface area contributed by atoms with Crippen molar-refractivity contribution in [3.05, 3.63) is 90.6 Å². The van der Waals surface area contributed by atoms with Crippen molar-refractivity contribution in [3.63, 3.8) is 0 Å². The highest BCUT2D eigenvalue weighted by Gasteiger charge is 2.19. The van der Waals surface area contributed by atoms with Gasteiger partial charge in [0.25, 0.3) is 0 Å². The van der Waals surface area contributed by atoms with Crippen LogP contribution in [0.5, 0.6) is 0 Å². The van der Waals surface area contributed by atoms with Crippen molar-refractivity contribution < 1.29 is 4.52 Å². The van der Waals surface area contributed by atoms with Crippen molar-refractivity contribution in [1.29, 1.82) is 5.26 Å². The van der Waals surface area contributed by atoms with E-state index in [0.29, 0.717) is 34.9 Å². The molecular formula is C24H18N4O. The van der Waals surface area contributed by atoms with Crippen LogP contribution in [0.4, 0.5) is 0 Å². The van der Waals surface area contributed by atoms with Crippen LogP contribution in [0.1, 0.15) is 28.4 Å². The Morgan fingerprint density at radius 3 is 2.52 bits per heavy atom. The van der Waals surface area contributed by atoms with Crippen LogP contribution in [0.2, 0.25) is 0 Å². The predicted octanol–water partition coefficient (Wildman–Crippen LogP) is 5.54. The molecule has 0 amide bonds. The van der Waals surface area contributed by atoms with E-state index in [1.165, 1.54) is 0 Å². The topological polar surface area (TPSA) is 67.6 Å². The molecule has 0 aliphatic carbocycles. The van der Waals surface area contributed by atoms with Crippen LogP contribution in [-0.2, 0) is 6.54 Å². The van der Waals surface area contributed by atoms with Gasteiger partial charge in [0.1, 0.15) is 23.1 Å². The first-order chi connectivity index (χ1) is 14.2. The lowest BCUT2D eigenvalue weighted by Gasteiger charge is -2.09. The van der Waals surface area contributed by atoms with Crippen LogP contribution in [-0.4, -0.2) is 14.7 Å². The lowest BCUT2D eigenvalue weighted by atomic mass is 9.99. The van der Waals surface area contributed by atoms with E-state index in [2.05, 4.69) is 52.6 Å². The molecule has 29 heavy (non-hydrogen) atoms. The lowest BCUT2D eigenvalue weighted by molar-refractivity contribution is 0.412. The van der Waals surface area contributed by atoms with Crippen molar-refractivity contribution in [1.82, 2.24) is 14.7 Å². The van der Waals surface area contributed by atoms with Gasteiger partial charge >= 0.3 is 0 Å². The normalized spacial score (nSPS) is 10.6. The van der Waals surface area contributed by atoms with Gasteiger partial charge in [-0.05, 0) is 41.5 Å². The maximum absolute atomic E-state index is 9.77. The minimum atomic E-state index is 0.471. The van der Waals surface area contributed by atoms with Gasteiger partial charge in [-0.1, -0.05) is 55.2 Å². The number of fused-ring (bicyclic) bond motifs is 1. The van der Waals surface area contributed by atoms with E-state index in [0.717, 1.165) is 22.2 Å². The third-order valence-electron chi connectivity index (χ3n) is 4.78. The number of hydrogen-bond donors (Lipinski definition) is 0. The maximum Gasteiger partial charge on any atom is 0.167 e. The number of rotatable bonds is 6. The molecule has 0 unspecified atom stereocenters. The Hall–Kier alpha value is -4.17. The van der Waals surface area contributed by atoms with Crippen LogP contribution >= 0.6 is 0 Å². The van der Waals surface area contributed by atoms with Gasteiger partial charge < -0.3 is 9.09 Å². The molecular weight excluding hydrogens is 360 g/mol.